The molecule has 0 bridgehead atoms. The first kappa shape index (κ1) is 25.1. The zero-order chi connectivity index (χ0) is 24.0. The quantitative estimate of drug-likeness (QED) is 0.680. The number of hydrogen-bond acceptors (Lipinski definition) is 5. The molecule has 4 rings (SSSR count). The number of sulfonamides is 1. The van der Waals surface area contributed by atoms with Crippen LogP contribution in [-0.2, 0) is 21.4 Å². The Morgan fingerprint density at radius 3 is 2.24 bits per heavy atom. The predicted octanol–water partition coefficient (Wildman–Crippen LogP) is 3.28. The molecule has 7 nitrogen and oxygen atoms in total. The van der Waals surface area contributed by atoms with Gasteiger partial charge < -0.3 is 9.80 Å². The van der Waals surface area contributed by atoms with Crippen molar-refractivity contribution >= 4 is 21.6 Å². The molecule has 3 heterocycles. The fraction of sp³-hybridized carbons (Fsp3) is 0.500. The Morgan fingerprint density at radius 2 is 1.73 bits per heavy atom. The summed E-state index contributed by atoms with van der Waals surface area (Å²) in [7, 11) is -3.39. The Morgan fingerprint density at radius 1 is 1.06 bits per heavy atom. The Balaban J connectivity index is 0.000000442. The summed E-state index contributed by atoms with van der Waals surface area (Å²) in [6, 6.07) is 10.6. The Bertz CT molecular complexity index is 1000. The summed E-state index contributed by atoms with van der Waals surface area (Å²) in [5.41, 5.74) is 1.16. The molecule has 2 atom stereocenters. The van der Waals surface area contributed by atoms with Gasteiger partial charge in [-0.15, -0.1) is 0 Å². The molecule has 2 aliphatic rings. The molecule has 0 N–H and O–H groups in total. The molecule has 1 aromatic heterocycles. The third kappa shape index (κ3) is 6.29. The predicted molar refractivity (Wildman–Crippen MR) is 128 cm³/mol. The number of carbonyl (C=O) groups is 1. The van der Waals surface area contributed by atoms with Gasteiger partial charge in [-0.2, -0.15) is 4.31 Å². The van der Waals surface area contributed by atoms with Gasteiger partial charge in [0.1, 0.15) is 5.82 Å². The molecule has 2 aliphatic heterocycles. The van der Waals surface area contributed by atoms with Crippen molar-refractivity contribution in [1.29, 1.82) is 0 Å². The maximum atomic E-state index is 14.7. The number of halogens is 1. The van der Waals surface area contributed by atoms with Crippen LogP contribution in [0.15, 0.2) is 48.8 Å². The van der Waals surface area contributed by atoms with E-state index >= 15 is 0 Å². The number of amides is 1. The average Bonchev–Trinajstić information content (AvgIpc) is 2.82. The van der Waals surface area contributed by atoms with Crippen molar-refractivity contribution in [2.45, 2.75) is 51.4 Å². The molecule has 0 radical (unpaired) electrons. The fourth-order valence-electron chi connectivity index (χ4n) is 4.12. The molecule has 0 saturated carbocycles. The van der Waals surface area contributed by atoms with Crippen molar-refractivity contribution in [1.82, 2.24) is 14.2 Å². The van der Waals surface area contributed by atoms with E-state index in [1.54, 1.807) is 37.2 Å². The van der Waals surface area contributed by atoms with E-state index < -0.39 is 15.3 Å². The molecule has 2 fully saturated rings. The van der Waals surface area contributed by atoms with Crippen LogP contribution in [0.5, 0.6) is 0 Å². The molecular formula is C24H33FN4O3S. The SMILES string of the molecule is CC(=O)N1CCN(c2ccc(CN3[C@@H](C)CCC(C)S3(=O)=O)c(F)c2)CC1.c1ccncc1. The summed E-state index contributed by atoms with van der Waals surface area (Å²) in [5, 5.41) is -0.423. The summed E-state index contributed by atoms with van der Waals surface area (Å²) in [5.74, 6) is -0.329. The van der Waals surface area contributed by atoms with Gasteiger partial charge in [0.15, 0.2) is 0 Å². The number of rotatable bonds is 3. The van der Waals surface area contributed by atoms with E-state index in [1.165, 1.54) is 10.4 Å². The van der Waals surface area contributed by atoms with Crippen LogP contribution in [0.1, 0.15) is 39.2 Å². The molecular weight excluding hydrogens is 443 g/mol. The molecule has 2 saturated heterocycles. The molecule has 1 amide bonds. The third-order valence-corrected chi connectivity index (χ3v) is 8.73. The minimum atomic E-state index is -3.39. The highest BCUT2D eigenvalue weighted by Crippen LogP contribution is 2.29. The van der Waals surface area contributed by atoms with Crippen LogP contribution < -0.4 is 4.90 Å². The van der Waals surface area contributed by atoms with E-state index in [0.29, 0.717) is 38.2 Å². The van der Waals surface area contributed by atoms with E-state index in [4.69, 9.17) is 0 Å². The number of nitrogens with zero attached hydrogens (tertiary/aromatic N) is 4. The van der Waals surface area contributed by atoms with E-state index in [9.17, 15) is 17.6 Å². The van der Waals surface area contributed by atoms with Crippen LogP contribution in [0.25, 0.3) is 0 Å². The van der Waals surface area contributed by atoms with Crippen molar-refractivity contribution < 1.29 is 17.6 Å². The first-order valence-corrected chi connectivity index (χ1v) is 12.8. The van der Waals surface area contributed by atoms with Gasteiger partial charge in [0, 0.05) is 69.3 Å². The van der Waals surface area contributed by atoms with Gasteiger partial charge in [0.2, 0.25) is 15.9 Å². The fourth-order valence-corrected chi connectivity index (χ4v) is 5.94. The Kier molecular flexibility index (Phi) is 8.42. The molecule has 1 aromatic carbocycles. The second kappa shape index (κ2) is 11.1. The highest BCUT2D eigenvalue weighted by molar-refractivity contribution is 7.89. The van der Waals surface area contributed by atoms with Crippen molar-refractivity contribution in [3.05, 3.63) is 60.2 Å². The van der Waals surface area contributed by atoms with E-state index in [1.807, 2.05) is 31.2 Å². The smallest absolute Gasteiger partial charge is 0.219 e. The minimum absolute atomic E-state index is 0.0577. The molecule has 180 valence electrons. The largest absolute Gasteiger partial charge is 0.368 e. The monoisotopic (exact) mass is 476 g/mol. The number of hydrogen-bond donors (Lipinski definition) is 0. The maximum absolute atomic E-state index is 14.7. The molecule has 0 aliphatic carbocycles. The summed E-state index contributed by atoms with van der Waals surface area (Å²) in [6.07, 6.45) is 4.94. The molecule has 2 aromatic rings. The summed E-state index contributed by atoms with van der Waals surface area (Å²) in [4.78, 5) is 19.0. The maximum Gasteiger partial charge on any atom is 0.219 e. The van der Waals surface area contributed by atoms with Crippen LogP contribution in [-0.4, -0.2) is 66.0 Å². The lowest BCUT2D eigenvalue weighted by Gasteiger charge is -2.37. The minimum Gasteiger partial charge on any atom is -0.368 e. The normalized spacial score (nSPS) is 22.9. The van der Waals surface area contributed by atoms with Gasteiger partial charge in [-0.25, -0.2) is 12.8 Å². The number of carbonyl (C=O) groups excluding carboxylic acids is 1. The highest BCUT2D eigenvalue weighted by atomic mass is 32.2. The Labute approximate surface area is 196 Å². The Hall–Kier alpha value is -2.52. The highest BCUT2D eigenvalue weighted by Gasteiger charge is 2.37. The average molecular weight is 477 g/mol. The number of benzene rings is 1. The lowest BCUT2D eigenvalue weighted by Crippen LogP contribution is -2.48. The third-order valence-electron chi connectivity index (χ3n) is 6.34. The molecule has 33 heavy (non-hydrogen) atoms. The van der Waals surface area contributed by atoms with Crippen LogP contribution in [0.4, 0.5) is 10.1 Å². The van der Waals surface area contributed by atoms with Crippen LogP contribution in [0.3, 0.4) is 0 Å². The van der Waals surface area contributed by atoms with Crippen molar-refractivity contribution in [3.8, 4) is 0 Å². The van der Waals surface area contributed by atoms with Crippen molar-refractivity contribution in [2.24, 2.45) is 0 Å². The van der Waals surface area contributed by atoms with E-state index in [2.05, 4.69) is 9.88 Å². The lowest BCUT2D eigenvalue weighted by molar-refractivity contribution is -0.129. The lowest BCUT2D eigenvalue weighted by atomic mass is 10.1. The van der Waals surface area contributed by atoms with Gasteiger partial charge in [-0.1, -0.05) is 12.1 Å². The van der Waals surface area contributed by atoms with E-state index in [-0.39, 0.29) is 24.3 Å². The number of piperazine rings is 1. The zero-order valence-electron chi connectivity index (χ0n) is 19.5. The van der Waals surface area contributed by atoms with Gasteiger partial charge in [-0.3, -0.25) is 9.78 Å². The first-order chi connectivity index (χ1) is 15.7. The summed E-state index contributed by atoms with van der Waals surface area (Å²) < 4.78 is 41.4. The van der Waals surface area contributed by atoms with Gasteiger partial charge in [0.25, 0.3) is 0 Å². The van der Waals surface area contributed by atoms with Gasteiger partial charge >= 0.3 is 0 Å². The number of aromatic nitrogens is 1. The van der Waals surface area contributed by atoms with Crippen LogP contribution >= 0.6 is 0 Å². The molecule has 0 spiro atoms. The second-order valence-electron chi connectivity index (χ2n) is 8.62. The first-order valence-electron chi connectivity index (χ1n) is 11.3. The van der Waals surface area contributed by atoms with Crippen molar-refractivity contribution in [2.75, 3.05) is 31.1 Å². The zero-order valence-corrected chi connectivity index (χ0v) is 20.3. The number of pyridine rings is 1. The van der Waals surface area contributed by atoms with Crippen molar-refractivity contribution in [3.63, 3.8) is 0 Å². The van der Waals surface area contributed by atoms with E-state index in [0.717, 1.165) is 12.1 Å². The van der Waals surface area contributed by atoms with Gasteiger partial charge in [-0.05, 0) is 51.0 Å². The second-order valence-corrected chi connectivity index (χ2v) is 10.9. The summed E-state index contributed by atoms with van der Waals surface area (Å²) in [6.45, 7) is 7.79. The summed E-state index contributed by atoms with van der Waals surface area (Å²) >= 11 is 0. The number of anilines is 1. The molecule has 1 unspecified atom stereocenters. The van der Waals surface area contributed by atoms with Gasteiger partial charge in [0.05, 0.1) is 5.25 Å². The standard InChI is InChI=1S/C19H28FN3O3S.C5H5N/c1-14-4-5-15(2)27(25,26)23(14)13-17-6-7-18(12-19(17)20)22-10-8-21(9-11-22)16(3)24;1-2-4-6-5-3-1/h6-7,12,14-15H,4-5,8-11,13H2,1-3H3;1-5H/t14-,15?;/m0./s1. The topological polar surface area (TPSA) is 73.8 Å². The molecule has 9 heteroatoms. The van der Waals surface area contributed by atoms with Crippen LogP contribution in [0.2, 0.25) is 0 Å². The van der Waals surface area contributed by atoms with Crippen LogP contribution in [0, 0.1) is 5.82 Å².